The third kappa shape index (κ3) is 1.55. The van der Waals surface area contributed by atoms with E-state index in [2.05, 4.69) is 28.2 Å². The van der Waals surface area contributed by atoms with Gasteiger partial charge in [0, 0.05) is 0 Å². The number of rotatable bonds is 1. The average molecular weight is 200 g/mol. The topological polar surface area (TPSA) is 37.9 Å². The molecule has 1 N–H and O–H groups in total. The molecule has 2 aromatic rings. The van der Waals surface area contributed by atoms with Crippen molar-refractivity contribution in [3.8, 4) is 11.3 Å². The van der Waals surface area contributed by atoms with Gasteiger partial charge in [0.1, 0.15) is 0 Å². The van der Waals surface area contributed by atoms with Gasteiger partial charge in [-0.3, -0.25) is 0 Å². The van der Waals surface area contributed by atoms with E-state index in [-0.39, 0.29) is 0 Å². The number of benzene rings is 1. The minimum atomic E-state index is 0.749. The Morgan fingerprint density at radius 3 is 3.13 bits per heavy atom. The van der Waals surface area contributed by atoms with E-state index < -0.39 is 0 Å². The number of hydrogen-bond acceptors (Lipinski definition) is 2. The van der Waals surface area contributed by atoms with Crippen LogP contribution in [0.25, 0.3) is 11.3 Å². The van der Waals surface area contributed by atoms with Crippen LogP contribution in [0, 0.1) is 0 Å². The molecule has 0 fully saturated rings. The molecule has 1 aromatic heterocycles. The van der Waals surface area contributed by atoms with Crippen LogP contribution in [0.15, 0.2) is 30.7 Å². The summed E-state index contributed by atoms with van der Waals surface area (Å²) >= 11 is 0. The molecule has 0 radical (unpaired) electrons. The minimum absolute atomic E-state index is 0.749. The molecule has 0 amide bonds. The summed E-state index contributed by atoms with van der Waals surface area (Å²) < 4.78 is 5.41. The molecule has 0 unspecified atom stereocenters. The Morgan fingerprint density at radius 2 is 2.27 bits per heavy atom. The number of ether oxygens (including phenoxy) is 1. The van der Waals surface area contributed by atoms with Gasteiger partial charge in [-0.15, -0.1) is 0 Å². The summed E-state index contributed by atoms with van der Waals surface area (Å²) in [5, 5.41) is 0. The first kappa shape index (κ1) is 8.68. The van der Waals surface area contributed by atoms with Crippen molar-refractivity contribution in [3.63, 3.8) is 0 Å². The lowest BCUT2D eigenvalue weighted by atomic mass is 9.99. The summed E-state index contributed by atoms with van der Waals surface area (Å²) in [6.45, 7) is 1.58. The molecule has 2 heterocycles. The molecule has 0 saturated carbocycles. The van der Waals surface area contributed by atoms with Gasteiger partial charge in [-0.05, 0) is 29.2 Å². The van der Waals surface area contributed by atoms with Gasteiger partial charge in [-0.1, -0.05) is 12.1 Å². The van der Waals surface area contributed by atoms with E-state index in [9.17, 15) is 0 Å². The lowest BCUT2D eigenvalue weighted by Crippen LogP contribution is -2.09. The molecule has 1 aromatic carbocycles. The number of fused-ring (bicyclic) bond motifs is 1. The molecule has 15 heavy (non-hydrogen) atoms. The normalized spacial score (nSPS) is 14.9. The second-order valence-electron chi connectivity index (χ2n) is 3.75. The van der Waals surface area contributed by atoms with Crippen molar-refractivity contribution in [2.75, 3.05) is 6.61 Å². The fraction of sp³-hybridized carbons (Fsp3) is 0.250. The van der Waals surface area contributed by atoms with Gasteiger partial charge < -0.3 is 9.72 Å². The van der Waals surface area contributed by atoms with Crippen LogP contribution in [0.4, 0.5) is 0 Å². The number of imidazole rings is 1. The molecule has 76 valence electrons. The summed E-state index contributed by atoms with van der Waals surface area (Å²) in [4.78, 5) is 7.15. The Balaban J connectivity index is 2.04. The fourth-order valence-electron chi connectivity index (χ4n) is 1.94. The van der Waals surface area contributed by atoms with Crippen molar-refractivity contribution < 1.29 is 4.74 Å². The monoisotopic (exact) mass is 200 g/mol. The number of hydrogen-bond donors (Lipinski definition) is 1. The van der Waals surface area contributed by atoms with Crippen LogP contribution in [0.1, 0.15) is 11.1 Å². The van der Waals surface area contributed by atoms with Crippen molar-refractivity contribution in [1.29, 1.82) is 0 Å². The van der Waals surface area contributed by atoms with Crippen LogP contribution in [-0.2, 0) is 17.8 Å². The van der Waals surface area contributed by atoms with Gasteiger partial charge in [0.25, 0.3) is 0 Å². The standard InChI is InChI=1S/C12H12N2O/c1-2-11-7-15-4-3-9(11)5-10(1)12-6-13-8-14-12/h1-2,5-6,8H,3-4,7H2,(H,13,14). The Labute approximate surface area is 88.1 Å². The van der Waals surface area contributed by atoms with E-state index in [1.54, 1.807) is 6.33 Å². The fourth-order valence-corrected chi connectivity index (χ4v) is 1.94. The van der Waals surface area contributed by atoms with Gasteiger partial charge in [0.15, 0.2) is 0 Å². The van der Waals surface area contributed by atoms with Crippen molar-refractivity contribution in [2.45, 2.75) is 13.0 Å². The second-order valence-corrected chi connectivity index (χ2v) is 3.75. The van der Waals surface area contributed by atoms with Gasteiger partial charge in [-0.25, -0.2) is 4.98 Å². The lowest BCUT2D eigenvalue weighted by molar-refractivity contribution is 0.111. The zero-order valence-corrected chi connectivity index (χ0v) is 8.36. The summed E-state index contributed by atoms with van der Waals surface area (Å²) in [6, 6.07) is 6.48. The zero-order valence-electron chi connectivity index (χ0n) is 8.36. The maximum absolute atomic E-state index is 5.41. The van der Waals surface area contributed by atoms with Gasteiger partial charge in [0.05, 0.1) is 31.4 Å². The third-order valence-electron chi connectivity index (χ3n) is 2.79. The highest BCUT2D eigenvalue weighted by Crippen LogP contribution is 2.23. The molecule has 0 aliphatic carbocycles. The lowest BCUT2D eigenvalue weighted by Gasteiger charge is -2.16. The Bertz CT molecular complexity index is 462. The summed E-state index contributed by atoms with van der Waals surface area (Å²) in [7, 11) is 0. The van der Waals surface area contributed by atoms with E-state index in [0.29, 0.717) is 0 Å². The highest BCUT2D eigenvalue weighted by molar-refractivity contribution is 5.60. The highest BCUT2D eigenvalue weighted by Gasteiger charge is 2.10. The summed E-state index contributed by atoms with van der Waals surface area (Å²) in [6.07, 6.45) is 4.57. The molecule has 3 rings (SSSR count). The van der Waals surface area contributed by atoms with Gasteiger partial charge in [-0.2, -0.15) is 0 Å². The van der Waals surface area contributed by atoms with E-state index in [0.717, 1.165) is 25.3 Å². The highest BCUT2D eigenvalue weighted by atomic mass is 16.5. The van der Waals surface area contributed by atoms with Crippen LogP contribution in [0.5, 0.6) is 0 Å². The van der Waals surface area contributed by atoms with Crippen molar-refractivity contribution in [3.05, 3.63) is 41.9 Å². The molecule has 1 aliphatic rings. The Morgan fingerprint density at radius 1 is 1.27 bits per heavy atom. The van der Waals surface area contributed by atoms with E-state index in [1.807, 2.05) is 6.20 Å². The number of nitrogens with zero attached hydrogens (tertiary/aromatic N) is 1. The predicted molar refractivity (Wildman–Crippen MR) is 57.4 cm³/mol. The molecular formula is C12H12N2O. The SMILES string of the molecule is c1ncc(-c2ccc3c(c2)CCOC3)[nH]1. The molecule has 0 bridgehead atoms. The predicted octanol–water partition coefficient (Wildman–Crippen LogP) is 2.15. The molecule has 1 aliphatic heterocycles. The van der Waals surface area contributed by atoms with Crippen LogP contribution in [-0.4, -0.2) is 16.6 Å². The zero-order chi connectivity index (χ0) is 10.1. The van der Waals surface area contributed by atoms with Crippen LogP contribution in [0.3, 0.4) is 0 Å². The molecule has 3 nitrogen and oxygen atoms in total. The van der Waals surface area contributed by atoms with Crippen molar-refractivity contribution >= 4 is 0 Å². The first-order chi connectivity index (χ1) is 7.43. The smallest absolute Gasteiger partial charge is 0.0924 e. The molecule has 0 saturated heterocycles. The van der Waals surface area contributed by atoms with E-state index in [1.165, 1.54) is 16.7 Å². The number of aromatic nitrogens is 2. The molecular weight excluding hydrogens is 188 g/mol. The molecule has 3 heteroatoms. The van der Waals surface area contributed by atoms with E-state index in [4.69, 9.17) is 4.74 Å². The van der Waals surface area contributed by atoms with E-state index >= 15 is 0 Å². The second kappa shape index (κ2) is 3.51. The first-order valence-corrected chi connectivity index (χ1v) is 5.12. The van der Waals surface area contributed by atoms with Crippen molar-refractivity contribution in [2.24, 2.45) is 0 Å². The van der Waals surface area contributed by atoms with Crippen molar-refractivity contribution in [1.82, 2.24) is 9.97 Å². The maximum atomic E-state index is 5.41. The average Bonchev–Trinajstić information content (AvgIpc) is 2.82. The first-order valence-electron chi connectivity index (χ1n) is 5.12. The van der Waals surface area contributed by atoms with Crippen LogP contribution >= 0.6 is 0 Å². The van der Waals surface area contributed by atoms with Crippen LogP contribution < -0.4 is 0 Å². The Kier molecular flexibility index (Phi) is 2.03. The molecule has 0 atom stereocenters. The summed E-state index contributed by atoms with van der Waals surface area (Å²) in [5.41, 5.74) is 4.98. The number of nitrogens with one attached hydrogen (secondary N) is 1. The van der Waals surface area contributed by atoms with Crippen LogP contribution in [0.2, 0.25) is 0 Å². The minimum Gasteiger partial charge on any atom is -0.376 e. The maximum Gasteiger partial charge on any atom is 0.0924 e. The Hall–Kier alpha value is -1.61. The number of aromatic amines is 1. The number of H-pyrrole nitrogens is 1. The van der Waals surface area contributed by atoms with Gasteiger partial charge >= 0.3 is 0 Å². The quantitative estimate of drug-likeness (QED) is 0.766. The largest absolute Gasteiger partial charge is 0.376 e. The summed E-state index contributed by atoms with van der Waals surface area (Å²) in [5.74, 6) is 0. The third-order valence-corrected chi connectivity index (χ3v) is 2.79. The molecule has 0 spiro atoms. The van der Waals surface area contributed by atoms with Gasteiger partial charge in [0.2, 0.25) is 0 Å².